The molecule has 1 aromatic carbocycles. The van der Waals surface area contributed by atoms with E-state index in [0.717, 1.165) is 28.4 Å². The molecule has 0 aliphatic carbocycles. The van der Waals surface area contributed by atoms with Gasteiger partial charge in [-0.2, -0.15) is 4.98 Å². The van der Waals surface area contributed by atoms with Crippen molar-refractivity contribution in [2.24, 2.45) is 5.92 Å². The molecule has 0 bridgehead atoms. The van der Waals surface area contributed by atoms with E-state index < -0.39 is 0 Å². The second kappa shape index (κ2) is 4.12. The molecule has 0 radical (unpaired) electrons. The number of nitrogens with zero attached hydrogens (tertiary/aromatic N) is 3. The summed E-state index contributed by atoms with van der Waals surface area (Å²) in [7, 11) is 0. The van der Waals surface area contributed by atoms with Crippen LogP contribution in [-0.2, 0) is 6.54 Å². The van der Waals surface area contributed by atoms with Gasteiger partial charge in [0.2, 0.25) is 5.95 Å². The predicted molar refractivity (Wildman–Crippen MR) is 78.7 cm³/mol. The average Bonchev–Trinajstić information content (AvgIpc) is 2.70. The Morgan fingerprint density at radius 2 is 1.95 bits per heavy atom. The Balaban J connectivity index is 2.32. The fraction of sp³-hybridized carbons (Fsp3) is 0.286. The number of rotatable bonds is 2. The fourth-order valence-corrected chi connectivity index (χ4v) is 2.50. The summed E-state index contributed by atoms with van der Waals surface area (Å²) in [5, 5.41) is 1.96. The van der Waals surface area contributed by atoms with E-state index in [-0.39, 0.29) is 5.95 Å². The number of nitrogen functional groups attached to an aromatic ring is 2. The Bertz CT molecular complexity index is 757. The number of fused-ring (bicyclic) bond motifs is 3. The molecule has 0 aliphatic heterocycles. The maximum Gasteiger partial charge on any atom is 0.222 e. The largest absolute Gasteiger partial charge is 0.383 e. The molecule has 0 unspecified atom stereocenters. The molecule has 2 heterocycles. The third-order valence-corrected chi connectivity index (χ3v) is 3.22. The van der Waals surface area contributed by atoms with E-state index in [0.29, 0.717) is 11.7 Å². The maximum atomic E-state index is 5.99. The lowest BCUT2D eigenvalue weighted by Crippen LogP contribution is -2.03. The van der Waals surface area contributed by atoms with E-state index in [1.54, 1.807) is 0 Å². The monoisotopic (exact) mass is 255 g/mol. The van der Waals surface area contributed by atoms with Gasteiger partial charge in [0, 0.05) is 23.6 Å². The van der Waals surface area contributed by atoms with Gasteiger partial charge in [-0.25, -0.2) is 4.98 Å². The third-order valence-electron chi connectivity index (χ3n) is 3.22. The van der Waals surface area contributed by atoms with Crippen molar-refractivity contribution < 1.29 is 0 Å². The predicted octanol–water partition coefficient (Wildman–Crippen LogP) is 2.40. The van der Waals surface area contributed by atoms with Crippen LogP contribution in [0.15, 0.2) is 24.4 Å². The minimum atomic E-state index is 0.214. The Kier molecular flexibility index (Phi) is 2.55. The first-order valence-corrected chi connectivity index (χ1v) is 6.37. The molecule has 2 aromatic heterocycles. The van der Waals surface area contributed by atoms with E-state index in [1.165, 1.54) is 0 Å². The zero-order valence-electron chi connectivity index (χ0n) is 11.1. The number of aromatic nitrogens is 3. The molecule has 0 amide bonds. The van der Waals surface area contributed by atoms with Gasteiger partial charge in [0.05, 0.1) is 10.9 Å². The molecule has 5 heteroatoms. The van der Waals surface area contributed by atoms with Crippen LogP contribution in [0.1, 0.15) is 13.8 Å². The molecule has 98 valence electrons. The molecule has 0 atom stereocenters. The molecule has 5 nitrogen and oxygen atoms in total. The molecular formula is C14H17N5. The van der Waals surface area contributed by atoms with E-state index in [1.807, 2.05) is 6.07 Å². The minimum Gasteiger partial charge on any atom is -0.383 e. The molecule has 0 spiro atoms. The quantitative estimate of drug-likeness (QED) is 0.736. The Labute approximate surface area is 111 Å². The smallest absolute Gasteiger partial charge is 0.222 e. The van der Waals surface area contributed by atoms with Gasteiger partial charge >= 0.3 is 0 Å². The standard InChI is InChI=1S/C14H17N5/c1-8(2)7-19-6-5-9-11(19)4-3-10-12(9)13(15)18-14(16)17-10/h3-6,8H,7H2,1-2H3,(H4,15,16,17,18). The van der Waals surface area contributed by atoms with Crippen molar-refractivity contribution in [1.82, 2.24) is 14.5 Å². The van der Waals surface area contributed by atoms with Crippen LogP contribution < -0.4 is 11.5 Å². The molecule has 0 saturated carbocycles. The van der Waals surface area contributed by atoms with Crippen molar-refractivity contribution >= 4 is 33.6 Å². The summed E-state index contributed by atoms with van der Waals surface area (Å²) in [6.45, 7) is 5.38. The highest BCUT2D eigenvalue weighted by atomic mass is 15.0. The van der Waals surface area contributed by atoms with Gasteiger partial charge in [-0.05, 0) is 24.1 Å². The van der Waals surface area contributed by atoms with E-state index in [2.05, 4.69) is 46.7 Å². The Morgan fingerprint density at radius 3 is 2.68 bits per heavy atom. The van der Waals surface area contributed by atoms with Crippen LogP contribution in [0.25, 0.3) is 21.8 Å². The summed E-state index contributed by atoms with van der Waals surface area (Å²) < 4.78 is 2.23. The molecule has 19 heavy (non-hydrogen) atoms. The normalized spacial score (nSPS) is 11.7. The molecule has 0 fully saturated rings. The average molecular weight is 255 g/mol. The first kappa shape index (κ1) is 11.8. The van der Waals surface area contributed by atoms with Gasteiger partial charge < -0.3 is 16.0 Å². The van der Waals surface area contributed by atoms with E-state index in [4.69, 9.17) is 11.5 Å². The minimum absolute atomic E-state index is 0.214. The van der Waals surface area contributed by atoms with Crippen molar-refractivity contribution in [1.29, 1.82) is 0 Å². The van der Waals surface area contributed by atoms with E-state index >= 15 is 0 Å². The Hall–Kier alpha value is -2.30. The highest BCUT2D eigenvalue weighted by molar-refractivity contribution is 6.10. The van der Waals surface area contributed by atoms with Crippen LogP contribution in [0.4, 0.5) is 11.8 Å². The molecule has 0 saturated heterocycles. The van der Waals surface area contributed by atoms with Gasteiger partial charge in [0.1, 0.15) is 5.82 Å². The van der Waals surface area contributed by atoms with Crippen molar-refractivity contribution in [2.45, 2.75) is 20.4 Å². The first-order chi connectivity index (χ1) is 9.06. The summed E-state index contributed by atoms with van der Waals surface area (Å²) in [6, 6.07) is 6.07. The van der Waals surface area contributed by atoms with Gasteiger partial charge in [-0.1, -0.05) is 13.8 Å². The summed E-state index contributed by atoms with van der Waals surface area (Å²) in [5.41, 5.74) is 13.6. The second-order valence-corrected chi connectivity index (χ2v) is 5.22. The number of nitrogens with two attached hydrogens (primary N) is 2. The number of benzene rings is 1. The first-order valence-electron chi connectivity index (χ1n) is 6.37. The van der Waals surface area contributed by atoms with Gasteiger partial charge in [0.25, 0.3) is 0 Å². The second-order valence-electron chi connectivity index (χ2n) is 5.22. The van der Waals surface area contributed by atoms with Crippen molar-refractivity contribution in [2.75, 3.05) is 11.5 Å². The SMILES string of the molecule is CC(C)Cn1ccc2c3c(N)nc(N)nc3ccc21. The fourth-order valence-electron chi connectivity index (χ4n) is 2.50. The van der Waals surface area contributed by atoms with Crippen LogP contribution in [0.3, 0.4) is 0 Å². The molecule has 0 aliphatic rings. The lowest BCUT2D eigenvalue weighted by molar-refractivity contribution is 0.535. The third kappa shape index (κ3) is 1.87. The molecule has 3 aromatic rings. The van der Waals surface area contributed by atoms with Crippen molar-refractivity contribution in [3.63, 3.8) is 0 Å². The lowest BCUT2D eigenvalue weighted by Gasteiger charge is -2.09. The van der Waals surface area contributed by atoms with Crippen LogP contribution in [0.2, 0.25) is 0 Å². The summed E-state index contributed by atoms with van der Waals surface area (Å²) in [6.07, 6.45) is 2.08. The van der Waals surface area contributed by atoms with Crippen LogP contribution in [-0.4, -0.2) is 14.5 Å². The number of hydrogen-bond donors (Lipinski definition) is 2. The lowest BCUT2D eigenvalue weighted by atomic mass is 10.1. The molecule has 3 rings (SSSR count). The molecular weight excluding hydrogens is 238 g/mol. The topological polar surface area (TPSA) is 82.8 Å². The van der Waals surface area contributed by atoms with Crippen LogP contribution in [0.5, 0.6) is 0 Å². The zero-order chi connectivity index (χ0) is 13.6. The van der Waals surface area contributed by atoms with Gasteiger partial charge in [0.15, 0.2) is 0 Å². The highest BCUT2D eigenvalue weighted by Gasteiger charge is 2.11. The number of anilines is 2. The highest BCUT2D eigenvalue weighted by Crippen LogP contribution is 2.29. The summed E-state index contributed by atoms with van der Waals surface area (Å²) >= 11 is 0. The summed E-state index contributed by atoms with van der Waals surface area (Å²) in [5.74, 6) is 1.24. The van der Waals surface area contributed by atoms with Crippen LogP contribution in [0, 0.1) is 5.92 Å². The van der Waals surface area contributed by atoms with Gasteiger partial charge in [-0.3, -0.25) is 0 Å². The molecule has 4 N–H and O–H groups in total. The maximum absolute atomic E-state index is 5.99. The summed E-state index contributed by atoms with van der Waals surface area (Å²) in [4.78, 5) is 8.29. The van der Waals surface area contributed by atoms with Crippen molar-refractivity contribution in [3.05, 3.63) is 24.4 Å². The van der Waals surface area contributed by atoms with E-state index in [9.17, 15) is 0 Å². The van der Waals surface area contributed by atoms with Gasteiger partial charge in [-0.15, -0.1) is 0 Å². The zero-order valence-corrected chi connectivity index (χ0v) is 11.1. The number of hydrogen-bond acceptors (Lipinski definition) is 4. The Morgan fingerprint density at radius 1 is 1.16 bits per heavy atom. The van der Waals surface area contributed by atoms with Crippen molar-refractivity contribution in [3.8, 4) is 0 Å². The van der Waals surface area contributed by atoms with Crippen LogP contribution >= 0.6 is 0 Å².